The molecule has 39 heavy (non-hydrogen) atoms. The second-order valence-electron chi connectivity index (χ2n) is 11.3. The largest absolute Gasteiger partial charge is 1.00 e. The second kappa shape index (κ2) is 10.6. The van der Waals surface area contributed by atoms with Crippen LogP contribution in [-0.4, -0.2) is 9.97 Å². The Morgan fingerprint density at radius 3 is 1.38 bits per heavy atom. The first-order valence-corrected chi connectivity index (χ1v) is 19.8. The third-order valence-corrected chi connectivity index (χ3v) is 22.5. The smallest absolute Gasteiger partial charge is 1.00 e. The van der Waals surface area contributed by atoms with Gasteiger partial charge in [0.25, 0.3) is 0 Å². The third kappa shape index (κ3) is 4.33. The quantitative estimate of drug-likeness (QED) is 0.347. The maximum Gasteiger partial charge on any atom is -1.00 e. The van der Waals surface area contributed by atoms with E-state index in [4.69, 9.17) is 9.97 Å². The molecule has 5 heteroatoms. The number of hydrogen-bond acceptors (Lipinski definition) is 2. The molecule has 4 aromatic rings. The maximum atomic E-state index is 4.73. The third-order valence-electron chi connectivity index (χ3n) is 9.10. The molecule has 3 aliphatic rings. The van der Waals surface area contributed by atoms with Gasteiger partial charge in [-0.25, -0.2) is 0 Å². The zero-order valence-electron chi connectivity index (χ0n) is 22.8. The molecule has 0 bridgehead atoms. The summed E-state index contributed by atoms with van der Waals surface area (Å²) < 4.78 is 4.23. The molecule has 2 aliphatic carbocycles. The Labute approximate surface area is 248 Å². The first kappa shape index (κ1) is 28.2. The van der Waals surface area contributed by atoms with Gasteiger partial charge in [0.05, 0.1) is 0 Å². The first-order valence-electron chi connectivity index (χ1n) is 13.5. The molecule has 2 aromatic carbocycles. The van der Waals surface area contributed by atoms with E-state index in [-0.39, 0.29) is 24.8 Å². The molecule has 196 valence electrons. The molecule has 0 N–H and O–H groups in total. The van der Waals surface area contributed by atoms with Crippen LogP contribution >= 0.6 is 0 Å². The second-order valence-corrected chi connectivity index (χ2v) is 22.7. The van der Waals surface area contributed by atoms with E-state index in [0.29, 0.717) is 7.25 Å². The van der Waals surface area contributed by atoms with Gasteiger partial charge in [-0.1, -0.05) is 0 Å². The van der Waals surface area contributed by atoms with Crippen molar-refractivity contribution >= 4 is 12.2 Å². The van der Waals surface area contributed by atoms with Crippen LogP contribution < -0.4 is 24.8 Å². The number of aryl methyl sites for hydroxylation is 2. The Morgan fingerprint density at radius 1 is 0.590 bits per heavy atom. The molecule has 2 nitrogen and oxygen atoms in total. The maximum absolute atomic E-state index is 4.73. The first-order chi connectivity index (χ1) is 18.0. The summed E-state index contributed by atoms with van der Waals surface area (Å²) in [6, 6.07) is 21.8. The standard InChI is InChI=1S/2C16H14N.C2H4.2ClH.Zr/c2*1-11-9-14-12(2)6-7-13(15(14)10-11)16-5-3-4-8-17-16;1-2;;;/h2*3-10H,1-2H3;1-2H2;2*1H;/q;;;;;+2/p-2. The van der Waals surface area contributed by atoms with Crippen molar-refractivity contribution in [2.45, 2.75) is 43.2 Å². The van der Waals surface area contributed by atoms with Crippen molar-refractivity contribution in [3.05, 3.63) is 118 Å². The van der Waals surface area contributed by atoms with Crippen molar-refractivity contribution in [1.29, 1.82) is 0 Å². The minimum atomic E-state index is -2.69. The van der Waals surface area contributed by atoms with Gasteiger partial charge in [0.15, 0.2) is 0 Å². The van der Waals surface area contributed by atoms with Gasteiger partial charge < -0.3 is 24.8 Å². The van der Waals surface area contributed by atoms with Crippen LogP contribution in [0.5, 0.6) is 0 Å². The van der Waals surface area contributed by atoms with E-state index in [0.717, 1.165) is 11.4 Å². The van der Waals surface area contributed by atoms with Crippen LogP contribution in [0.4, 0.5) is 0 Å². The number of allylic oxidation sites excluding steroid dienone is 2. The van der Waals surface area contributed by atoms with Gasteiger partial charge in [-0.05, 0) is 0 Å². The summed E-state index contributed by atoms with van der Waals surface area (Å²) in [5.41, 5.74) is 16.9. The normalized spacial score (nSPS) is 18.9. The molecule has 1 fully saturated rings. The Kier molecular flexibility index (Phi) is 7.66. The summed E-state index contributed by atoms with van der Waals surface area (Å²) >= 11 is -2.69. The van der Waals surface area contributed by atoms with Crippen molar-refractivity contribution in [3.63, 3.8) is 0 Å². The van der Waals surface area contributed by atoms with Crippen molar-refractivity contribution in [3.8, 4) is 22.5 Å². The molecule has 2 atom stereocenters. The number of aromatic nitrogens is 2. The number of fused-ring (bicyclic) bond motifs is 2. The van der Waals surface area contributed by atoms with Crippen LogP contribution in [0.3, 0.4) is 0 Å². The van der Waals surface area contributed by atoms with Crippen LogP contribution in [0.1, 0.15) is 54.5 Å². The summed E-state index contributed by atoms with van der Waals surface area (Å²) in [5.74, 6) is 0. The van der Waals surface area contributed by atoms with Crippen molar-refractivity contribution in [2.75, 3.05) is 0 Å². The molecular formula is C34H32Cl2N2Zr. The van der Waals surface area contributed by atoms with E-state index in [1.807, 2.05) is 24.5 Å². The van der Waals surface area contributed by atoms with Crippen molar-refractivity contribution in [1.82, 2.24) is 9.97 Å². The van der Waals surface area contributed by atoms with Gasteiger partial charge in [-0.3, -0.25) is 0 Å². The molecular weight excluding hydrogens is 599 g/mol. The number of halogens is 2. The van der Waals surface area contributed by atoms with Crippen LogP contribution in [0.15, 0.2) is 84.2 Å². The number of nitrogens with zero attached hydrogens (tertiary/aromatic N) is 2. The van der Waals surface area contributed by atoms with Gasteiger partial charge in [0.1, 0.15) is 0 Å². The fraction of sp³-hybridized carbons (Fsp3) is 0.235. The summed E-state index contributed by atoms with van der Waals surface area (Å²) in [5, 5.41) is 0. The van der Waals surface area contributed by atoms with Crippen LogP contribution in [0.25, 0.3) is 34.7 Å². The minimum absolute atomic E-state index is 0. The summed E-state index contributed by atoms with van der Waals surface area (Å²) in [4.78, 5) is 9.45. The van der Waals surface area contributed by atoms with E-state index in [1.165, 1.54) is 41.6 Å². The number of pyridine rings is 2. The average Bonchev–Trinajstić information content (AvgIpc) is 3.48. The molecule has 0 spiro atoms. The fourth-order valence-corrected chi connectivity index (χ4v) is 25.6. The number of hydrogen-bond donors (Lipinski definition) is 0. The summed E-state index contributed by atoms with van der Waals surface area (Å²) in [7, 11) is 0. The van der Waals surface area contributed by atoms with E-state index >= 15 is 0 Å². The van der Waals surface area contributed by atoms with Crippen LogP contribution in [0, 0.1) is 13.8 Å². The average molecular weight is 631 g/mol. The Hall–Kier alpha value is -2.32. The fourth-order valence-electron chi connectivity index (χ4n) is 7.51. The predicted octanol–water partition coefficient (Wildman–Crippen LogP) is 3.06. The van der Waals surface area contributed by atoms with Gasteiger partial charge >= 0.3 is 226 Å². The monoisotopic (exact) mass is 628 g/mol. The zero-order valence-corrected chi connectivity index (χ0v) is 26.8. The van der Waals surface area contributed by atoms with E-state index < -0.39 is 20.3 Å². The number of benzene rings is 2. The summed E-state index contributed by atoms with van der Waals surface area (Å²) in [6.07, 6.45) is 8.86. The molecule has 2 unspecified atom stereocenters. The Balaban J connectivity index is 0.00000154. The molecule has 0 amide bonds. The molecule has 7 rings (SSSR count). The molecule has 1 aliphatic heterocycles. The molecule has 3 heterocycles. The SMILES string of the molecule is CC1=Cc2c(-c3ccccn3)ccc(C)c2[CH]1[Zr+2]1([CH]2C(C)=Cc3c(-c4ccccn4)ccc(C)c32)[CH2][CH2]1.[Cl-].[Cl-]. The molecule has 0 saturated carbocycles. The topological polar surface area (TPSA) is 25.8 Å². The van der Waals surface area contributed by atoms with Crippen LogP contribution in [0.2, 0.25) is 8.26 Å². The van der Waals surface area contributed by atoms with Gasteiger partial charge in [0, 0.05) is 0 Å². The van der Waals surface area contributed by atoms with Crippen LogP contribution in [-0.2, 0) is 20.3 Å². The van der Waals surface area contributed by atoms with E-state index in [2.05, 4.69) is 88.4 Å². The van der Waals surface area contributed by atoms with E-state index in [1.54, 1.807) is 22.3 Å². The van der Waals surface area contributed by atoms with Crippen molar-refractivity contribution in [2.24, 2.45) is 0 Å². The zero-order chi connectivity index (χ0) is 25.3. The number of rotatable bonds is 4. The summed E-state index contributed by atoms with van der Waals surface area (Å²) in [6.45, 7) is 9.49. The molecule has 2 aromatic heterocycles. The molecule has 1 saturated heterocycles. The van der Waals surface area contributed by atoms with E-state index in [9.17, 15) is 0 Å². The van der Waals surface area contributed by atoms with Gasteiger partial charge in [-0.2, -0.15) is 0 Å². The Morgan fingerprint density at radius 2 is 1.03 bits per heavy atom. The van der Waals surface area contributed by atoms with Crippen molar-refractivity contribution < 1.29 is 45.1 Å². The molecule has 0 radical (unpaired) electrons. The van der Waals surface area contributed by atoms with Gasteiger partial charge in [0.2, 0.25) is 0 Å². The predicted molar refractivity (Wildman–Crippen MR) is 151 cm³/mol. The Bertz CT molecular complexity index is 1500. The minimum Gasteiger partial charge on any atom is -1.00 e. The van der Waals surface area contributed by atoms with Gasteiger partial charge in [-0.15, -0.1) is 0 Å².